The van der Waals surface area contributed by atoms with Crippen LogP contribution >= 0.6 is 0 Å². The van der Waals surface area contributed by atoms with Crippen molar-refractivity contribution in [3.05, 3.63) is 53.6 Å². The molecule has 0 bridgehead atoms. The minimum Gasteiger partial charge on any atom is -0.453 e. The summed E-state index contributed by atoms with van der Waals surface area (Å²) in [5.41, 5.74) is 3.76. The first-order valence-electron chi connectivity index (χ1n) is 12.0. The van der Waals surface area contributed by atoms with Crippen molar-refractivity contribution in [2.24, 2.45) is 5.92 Å². The van der Waals surface area contributed by atoms with E-state index in [-0.39, 0.29) is 12.1 Å². The summed E-state index contributed by atoms with van der Waals surface area (Å²) < 4.78 is 6.01. The number of carbonyl (C=O) groups excluding carboxylic acids is 1. The van der Waals surface area contributed by atoms with Crippen molar-refractivity contribution >= 4 is 22.3 Å². The quantitative estimate of drug-likeness (QED) is 0.261. The van der Waals surface area contributed by atoms with E-state index in [4.69, 9.17) is 4.74 Å². The van der Waals surface area contributed by atoms with Crippen molar-refractivity contribution in [3.63, 3.8) is 0 Å². The molecule has 2 heteroatoms. The van der Waals surface area contributed by atoms with Gasteiger partial charge < -0.3 is 4.74 Å². The number of unbranched alkanes of at least 4 members (excludes halogenated alkanes) is 6. The predicted octanol–water partition coefficient (Wildman–Crippen LogP) is 8.40. The number of ether oxygens (including phenoxy) is 1. The first-order valence-corrected chi connectivity index (χ1v) is 12.0. The Hall–Kier alpha value is -2.09. The summed E-state index contributed by atoms with van der Waals surface area (Å²) in [5, 5.41) is 2.49. The highest BCUT2D eigenvalue weighted by Gasteiger charge is 2.24. The third kappa shape index (κ3) is 5.97. The molecule has 0 fully saturated rings. The Morgan fingerprint density at radius 3 is 2.40 bits per heavy atom. The molecule has 0 radical (unpaired) electrons. The summed E-state index contributed by atoms with van der Waals surface area (Å²) in [6.07, 6.45) is 13.1. The third-order valence-electron chi connectivity index (χ3n) is 6.18. The Labute approximate surface area is 182 Å². The summed E-state index contributed by atoms with van der Waals surface area (Å²) in [6.45, 7) is 6.76. The van der Waals surface area contributed by atoms with Crippen molar-refractivity contribution in [2.45, 2.75) is 91.1 Å². The predicted molar refractivity (Wildman–Crippen MR) is 127 cm³/mol. The zero-order valence-corrected chi connectivity index (χ0v) is 19.1. The van der Waals surface area contributed by atoms with E-state index >= 15 is 0 Å². The zero-order chi connectivity index (χ0) is 21.3. The molecule has 0 heterocycles. The second kappa shape index (κ2) is 11.3. The number of esters is 1. The van der Waals surface area contributed by atoms with E-state index in [2.05, 4.69) is 63.2 Å². The Balaban J connectivity index is 1.66. The highest BCUT2D eigenvalue weighted by molar-refractivity contribution is 5.98. The molecule has 0 aromatic heterocycles. The highest BCUT2D eigenvalue weighted by Crippen LogP contribution is 2.41. The molecular formula is C28H38O2. The van der Waals surface area contributed by atoms with E-state index in [0.717, 1.165) is 31.2 Å². The molecule has 1 aliphatic carbocycles. The van der Waals surface area contributed by atoms with Gasteiger partial charge in [-0.25, -0.2) is 0 Å². The highest BCUT2D eigenvalue weighted by atomic mass is 16.5. The van der Waals surface area contributed by atoms with Gasteiger partial charge in [-0.1, -0.05) is 95.7 Å². The summed E-state index contributed by atoms with van der Waals surface area (Å²) in [7, 11) is 0. The minimum atomic E-state index is -0.261. The van der Waals surface area contributed by atoms with E-state index in [9.17, 15) is 4.79 Å². The topological polar surface area (TPSA) is 26.3 Å². The Kier molecular flexibility index (Phi) is 8.54. The number of hydrogen-bond donors (Lipinski definition) is 0. The maximum atomic E-state index is 12.6. The average Bonchev–Trinajstić information content (AvgIpc) is 2.74. The van der Waals surface area contributed by atoms with Gasteiger partial charge in [-0.05, 0) is 53.2 Å². The lowest BCUT2D eigenvalue weighted by Gasteiger charge is -2.26. The van der Waals surface area contributed by atoms with Gasteiger partial charge in [0.05, 0.1) is 0 Å². The molecule has 0 saturated heterocycles. The van der Waals surface area contributed by atoms with Crippen LogP contribution in [-0.4, -0.2) is 5.97 Å². The molecule has 1 atom stereocenters. The van der Waals surface area contributed by atoms with Crippen LogP contribution in [0.5, 0.6) is 0 Å². The fourth-order valence-corrected chi connectivity index (χ4v) is 4.42. The standard InChI is InChI=1S/C28H38O2/c1-4-5-6-7-8-9-10-17-27(29)30-26-20-23(19-18-21(2)3)24-15-11-13-22-14-12-16-25(26)28(22)24/h11-16,20-21,26H,4-10,17-19H2,1-3H3. The molecule has 0 N–H and O–H groups in total. The molecule has 2 nitrogen and oxygen atoms in total. The number of hydrogen-bond acceptors (Lipinski definition) is 2. The van der Waals surface area contributed by atoms with Crippen LogP contribution in [0.25, 0.3) is 16.3 Å². The Bertz CT molecular complexity index is 857. The summed E-state index contributed by atoms with van der Waals surface area (Å²) >= 11 is 0. The van der Waals surface area contributed by atoms with Gasteiger partial charge in [0.25, 0.3) is 0 Å². The molecule has 2 aromatic carbocycles. The van der Waals surface area contributed by atoms with Crippen LogP contribution < -0.4 is 0 Å². The van der Waals surface area contributed by atoms with Gasteiger partial charge in [0.1, 0.15) is 6.10 Å². The van der Waals surface area contributed by atoms with Crippen LogP contribution in [0.1, 0.15) is 102 Å². The second-order valence-corrected chi connectivity index (χ2v) is 9.16. The first kappa shape index (κ1) is 22.6. The number of allylic oxidation sites excluding steroid dienone is 1. The van der Waals surface area contributed by atoms with Gasteiger partial charge in [-0.15, -0.1) is 0 Å². The first-order chi connectivity index (χ1) is 14.6. The molecule has 30 heavy (non-hydrogen) atoms. The van der Waals surface area contributed by atoms with Gasteiger partial charge >= 0.3 is 5.97 Å². The van der Waals surface area contributed by atoms with Crippen LogP contribution in [0, 0.1) is 5.92 Å². The molecular weight excluding hydrogens is 368 g/mol. The lowest BCUT2D eigenvalue weighted by Crippen LogP contribution is -2.13. The summed E-state index contributed by atoms with van der Waals surface area (Å²) in [5.74, 6) is 0.588. The lowest BCUT2D eigenvalue weighted by molar-refractivity contribution is -0.147. The maximum absolute atomic E-state index is 12.6. The molecule has 0 amide bonds. The summed E-state index contributed by atoms with van der Waals surface area (Å²) in [6, 6.07) is 12.9. The molecule has 3 rings (SSSR count). The smallest absolute Gasteiger partial charge is 0.306 e. The normalized spacial score (nSPS) is 15.5. The van der Waals surface area contributed by atoms with E-state index in [1.807, 2.05) is 0 Å². The maximum Gasteiger partial charge on any atom is 0.306 e. The Morgan fingerprint density at radius 1 is 0.967 bits per heavy atom. The largest absolute Gasteiger partial charge is 0.453 e. The van der Waals surface area contributed by atoms with Crippen molar-refractivity contribution in [1.29, 1.82) is 0 Å². The number of rotatable bonds is 12. The molecule has 2 aromatic rings. The van der Waals surface area contributed by atoms with Crippen LogP contribution in [0.15, 0.2) is 42.5 Å². The van der Waals surface area contributed by atoms with E-state index in [1.54, 1.807) is 0 Å². The van der Waals surface area contributed by atoms with Crippen molar-refractivity contribution in [2.75, 3.05) is 0 Å². The van der Waals surface area contributed by atoms with E-state index < -0.39 is 0 Å². The monoisotopic (exact) mass is 406 g/mol. The molecule has 0 aliphatic heterocycles. The average molecular weight is 407 g/mol. The van der Waals surface area contributed by atoms with Crippen molar-refractivity contribution in [3.8, 4) is 0 Å². The van der Waals surface area contributed by atoms with Crippen molar-refractivity contribution in [1.82, 2.24) is 0 Å². The van der Waals surface area contributed by atoms with Crippen LogP contribution in [0.4, 0.5) is 0 Å². The van der Waals surface area contributed by atoms with Gasteiger partial charge in [0.2, 0.25) is 0 Å². The van der Waals surface area contributed by atoms with Gasteiger partial charge in [0, 0.05) is 12.0 Å². The van der Waals surface area contributed by atoms with E-state index in [0.29, 0.717) is 12.3 Å². The lowest BCUT2D eigenvalue weighted by atomic mass is 9.84. The third-order valence-corrected chi connectivity index (χ3v) is 6.18. The number of benzene rings is 2. The SMILES string of the molecule is CCCCCCCCCC(=O)OC1C=C(CCC(C)C)c2cccc3cccc1c23. The fourth-order valence-electron chi connectivity index (χ4n) is 4.42. The molecule has 162 valence electrons. The molecule has 1 unspecified atom stereocenters. The van der Waals surface area contributed by atoms with Crippen molar-refractivity contribution < 1.29 is 9.53 Å². The summed E-state index contributed by atoms with van der Waals surface area (Å²) in [4.78, 5) is 12.6. The molecule has 0 spiro atoms. The van der Waals surface area contributed by atoms with Gasteiger partial charge in [-0.2, -0.15) is 0 Å². The zero-order valence-electron chi connectivity index (χ0n) is 19.1. The van der Waals surface area contributed by atoms with Crippen LogP contribution in [0.2, 0.25) is 0 Å². The van der Waals surface area contributed by atoms with Gasteiger partial charge in [0.15, 0.2) is 0 Å². The molecule has 1 aliphatic rings. The Morgan fingerprint density at radius 2 is 1.67 bits per heavy atom. The van der Waals surface area contributed by atoms with E-state index in [1.165, 1.54) is 54.0 Å². The van der Waals surface area contributed by atoms with Crippen LogP contribution in [0.3, 0.4) is 0 Å². The minimum absolute atomic E-state index is 0.0654. The van der Waals surface area contributed by atoms with Crippen LogP contribution in [-0.2, 0) is 9.53 Å². The molecule has 0 saturated carbocycles. The number of carbonyl (C=O) groups is 1. The van der Waals surface area contributed by atoms with Gasteiger partial charge in [-0.3, -0.25) is 4.79 Å². The second-order valence-electron chi connectivity index (χ2n) is 9.16. The fraction of sp³-hybridized carbons (Fsp3) is 0.536.